The van der Waals surface area contributed by atoms with Crippen LogP contribution in [0.25, 0.3) is 0 Å². The number of hydrogen-bond donors (Lipinski definition) is 2. The van der Waals surface area contributed by atoms with E-state index in [0.717, 1.165) is 43.2 Å². The molecule has 2 bridgehead atoms. The number of ether oxygens (including phenoxy) is 1. The first-order chi connectivity index (χ1) is 9.74. The monoisotopic (exact) mass is 278 g/mol. The highest BCUT2D eigenvalue weighted by atomic mass is 16.5. The molecule has 4 aliphatic rings. The zero-order valence-electron chi connectivity index (χ0n) is 12.4. The highest BCUT2D eigenvalue weighted by molar-refractivity contribution is 5.82. The lowest BCUT2D eigenvalue weighted by atomic mass is 9.98. The number of carbonyl (C=O) groups is 1. The maximum absolute atomic E-state index is 12.5. The van der Waals surface area contributed by atoms with Crippen molar-refractivity contribution in [1.82, 2.24) is 10.6 Å². The Morgan fingerprint density at radius 1 is 1.35 bits per heavy atom. The van der Waals surface area contributed by atoms with Crippen LogP contribution < -0.4 is 10.6 Å². The highest BCUT2D eigenvalue weighted by Crippen LogP contribution is 2.69. The Kier molecular flexibility index (Phi) is 3.08. The van der Waals surface area contributed by atoms with Gasteiger partial charge in [-0.05, 0) is 62.3 Å². The second kappa shape index (κ2) is 4.70. The highest BCUT2D eigenvalue weighted by Gasteiger charge is 2.67. The molecular formula is C16H26N2O2. The molecule has 1 heterocycles. The molecule has 3 saturated carbocycles. The van der Waals surface area contributed by atoms with Gasteiger partial charge < -0.3 is 15.4 Å². The van der Waals surface area contributed by atoms with E-state index in [1.54, 1.807) is 7.11 Å². The number of nitrogens with one attached hydrogen (secondary N) is 2. The van der Waals surface area contributed by atoms with Gasteiger partial charge in [0, 0.05) is 19.6 Å². The van der Waals surface area contributed by atoms with Crippen LogP contribution in [0.15, 0.2) is 0 Å². The average Bonchev–Trinajstić information content (AvgIpc) is 2.84. The molecule has 4 heteroatoms. The van der Waals surface area contributed by atoms with Gasteiger partial charge in [-0.2, -0.15) is 0 Å². The van der Waals surface area contributed by atoms with E-state index in [0.29, 0.717) is 18.4 Å². The van der Waals surface area contributed by atoms with Crippen molar-refractivity contribution in [3.63, 3.8) is 0 Å². The minimum Gasteiger partial charge on any atom is -0.383 e. The fourth-order valence-electron chi connectivity index (χ4n) is 5.52. The molecule has 0 spiro atoms. The molecule has 2 N–H and O–H groups in total. The van der Waals surface area contributed by atoms with Crippen LogP contribution in [0.3, 0.4) is 0 Å². The summed E-state index contributed by atoms with van der Waals surface area (Å²) in [6.07, 6.45) is 6.45. The van der Waals surface area contributed by atoms with Gasteiger partial charge in [-0.25, -0.2) is 0 Å². The van der Waals surface area contributed by atoms with Crippen molar-refractivity contribution in [3.05, 3.63) is 0 Å². The maximum Gasteiger partial charge on any atom is 0.223 e. The fraction of sp³-hybridized carbons (Fsp3) is 0.938. The summed E-state index contributed by atoms with van der Waals surface area (Å²) < 4.78 is 5.34. The Balaban J connectivity index is 1.33. The number of fused-ring (bicyclic) bond motifs is 5. The van der Waals surface area contributed by atoms with Crippen LogP contribution in [-0.2, 0) is 9.53 Å². The van der Waals surface area contributed by atoms with Gasteiger partial charge in [-0.1, -0.05) is 0 Å². The molecule has 0 radical (unpaired) electrons. The predicted molar refractivity (Wildman–Crippen MR) is 76.2 cm³/mol. The maximum atomic E-state index is 12.5. The summed E-state index contributed by atoms with van der Waals surface area (Å²) in [4.78, 5) is 12.5. The van der Waals surface area contributed by atoms with E-state index in [9.17, 15) is 4.79 Å². The van der Waals surface area contributed by atoms with Crippen molar-refractivity contribution in [3.8, 4) is 0 Å². The first-order valence-corrected chi connectivity index (χ1v) is 8.26. The summed E-state index contributed by atoms with van der Waals surface area (Å²) >= 11 is 0. The summed E-state index contributed by atoms with van der Waals surface area (Å²) in [6.45, 7) is 2.46. The summed E-state index contributed by atoms with van der Waals surface area (Å²) in [7, 11) is 1.74. The number of amides is 1. The van der Waals surface area contributed by atoms with Crippen molar-refractivity contribution in [2.75, 3.05) is 26.8 Å². The van der Waals surface area contributed by atoms with Crippen LogP contribution >= 0.6 is 0 Å². The van der Waals surface area contributed by atoms with Gasteiger partial charge in [0.25, 0.3) is 0 Å². The van der Waals surface area contributed by atoms with Gasteiger partial charge in [0.05, 0.1) is 12.1 Å². The van der Waals surface area contributed by atoms with Crippen molar-refractivity contribution in [1.29, 1.82) is 0 Å². The van der Waals surface area contributed by atoms with E-state index in [-0.39, 0.29) is 5.54 Å². The molecule has 4 fully saturated rings. The van der Waals surface area contributed by atoms with Crippen LogP contribution in [0.5, 0.6) is 0 Å². The van der Waals surface area contributed by atoms with Gasteiger partial charge in [-0.15, -0.1) is 0 Å². The zero-order valence-corrected chi connectivity index (χ0v) is 12.4. The van der Waals surface area contributed by atoms with Crippen LogP contribution in [0.2, 0.25) is 0 Å². The third-order valence-corrected chi connectivity index (χ3v) is 6.39. The molecular weight excluding hydrogens is 252 g/mol. The lowest BCUT2D eigenvalue weighted by molar-refractivity contribution is -0.123. The van der Waals surface area contributed by atoms with Crippen molar-refractivity contribution >= 4 is 5.91 Å². The molecule has 1 amide bonds. The second-order valence-corrected chi connectivity index (χ2v) is 7.48. The van der Waals surface area contributed by atoms with Crippen molar-refractivity contribution in [2.24, 2.45) is 29.6 Å². The number of hydrogen-bond acceptors (Lipinski definition) is 3. The molecule has 1 aliphatic heterocycles. The third kappa shape index (κ3) is 1.92. The molecule has 4 nitrogen and oxygen atoms in total. The summed E-state index contributed by atoms with van der Waals surface area (Å²) in [5.74, 6) is 3.90. The van der Waals surface area contributed by atoms with E-state index in [4.69, 9.17) is 4.74 Å². The minimum absolute atomic E-state index is 0.0204. The summed E-state index contributed by atoms with van der Waals surface area (Å²) in [6, 6.07) is 0. The Morgan fingerprint density at radius 3 is 2.70 bits per heavy atom. The lowest BCUT2D eigenvalue weighted by Gasteiger charge is -2.29. The summed E-state index contributed by atoms with van der Waals surface area (Å²) in [5, 5.41) is 6.75. The topological polar surface area (TPSA) is 50.4 Å². The predicted octanol–water partition coefficient (Wildman–Crippen LogP) is 1.16. The first-order valence-electron chi connectivity index (χ1n) is 8.26. The van der Waals surface area contributed by atoms with Gasteiger partial charge in [-0.3, -0.25) is 4.79 Å². The second-order valence-electron chi connectivity index (χ2n) is 7.48. The van der Waals surface area contributed by atoms with Crippen LogP contribution in [0, 0.1) is 29.6 Å². The van der Waals surface area contributed by atoms with Crippen LogP contribution in [0.1, 0.15) is 32.1 Å². The molecule has 0 aromatic heterocycles. The van der Waals surface area contributed by atoms with E-state index < -0.39 is 0 Å². The first kappa shape index (κ1) is 13.1. The molecule has 1 saturated heterocycles. The van der Waals surface area contributed by atoms with E-state index >= 15 is 0 Å². The normalized spacial score (nSPS) is 48.4. The van der Waals surface area contributed by atoms with E-state index in [1.807, 2.05) is 0 Å². The van der Waals surface area contributed by atoms with Crippen molar-refractivity contribution in [2.45, 2.75) is 37.6 Å². The Hall–Kier alpha value is -0.610. The van der Waals surface area contributed by atoms with Crippen LogP contribution in [-0.4, -0.2) is 38.3 Å². The van der Waals surface area contributed by atoms with Gasteiger partial charge in [0.15, 0.2) is 0 Å². The quantitative estimate of drug-likeness (QED) is 0.793. The number of carbonyl (C=O) groups excluding carboxylic acids is 1. The Labute approximate surface area is 121 Å². The lowest BCUT2D eigenvalue weighted by Crippen LogP contribution is -2.53. The standard InChI is InChI=1S/C16H26N2O2/c1-20-9-16(5-2-6-18-16)8-17-15(19)14-12-10-3-4-11(7-10)13(12)14/h10-14,18H,2-9H2,1H3,(H,17,19). The number of methoxy groups -OCH3 is 1. The van der Waals surface area contributed by atoms with Gasteiger partial charge >= 0.3 is 0 Å². The third-order valence-electron chi connectivity index (χ3n) is 6.39. The molecule has 4 rings (SSSR count). The van der Waals surface area contributed by atoms with Gasteiger partial charge in [0.1, 0.15) is 0 Å². The number of rotatable bonds is 5. The largest absolute Gasteiger partial charge is 0.383 e. The molecule has 5 unspecified atom stereocenters. The molecule has 3 aliphatic carbocycles. The average molecular weight is 278 g/mol. The van der Waals surface area contributed by atoms with Gasteiger partial charge in [0.2, 0.25) is 5.91 Å². The van der Waals surface area contributed by atoms with E-state index in [1.165, 1.54) is 25.7 Å². The van der Waals surface area contributed by atoms with Crippen molar-refractivity contribution < 1.29 is 9.53 Å². The smallest absolute Gasteiger partial charge is 0.223 e. The molecule has 20 heavy (non-hydrogen) atoms. The molecule has 112 valence electrons. The van der Waals surface area contributed by atoms with Crippen LogP contribution in [0.4, 0.5) is 0 Å². The minimum atomic E-state index is -0.0204. The zero-order chi connectivity index (χ0) is 13.7. The Morgan fingerprint density at radius 2 is 2.10 bits per heavy atom. The summed E-state index contributed by atoms with van der Waals surface area (Å²) in [5.41, 5.74) is -0.0204. The SMILES string of the molecule is COCC1(CNC(=O)C2C3C4CCC(C4)C23)CCCN1. The fourth-order valence-corrected chi connectivity index (χ4v) is 5.52. The van der Waals surface area contributed by atoms with E-state index in [2.05, 4.69) is 10.6 Å². The molecule has 0 aromatic rings. The Bertz CT molecular complexity index is 389. The molecule has 0 aromatic carbocycles. The molecule has 5 atom stereocenters.